The van der Waals surface area contributed by atoms with Gasteiger partial charge in [-0.25, -0.2) is 4.79 Å². The minimum Gasteiger partial charge on any atom is -0.508 e. The van der Waals surface area contributed by atoms with Crippen molar-refractivity contribution in [3.63, 3.8) is 0 Å². The number of carbonyl (C=O) groups is 5. The molecule has 0 aliphatic heterocycles. The average molecular weight is 482 g/mol. The molecule has 0 aromatic heterocycles. The van der Waals surface area contributed by atoms with Crippen molar-refractivity contribution in [3.8, 4) is 5.75 Å². The van der Waals surface area contributed by atoms with Crippen molar-refractivity contribution in [1.29, 1.82) is 0 Å². The molecule has 0 saturated heterocycles. The van der Waals surface area contributed by atoms with Crippen LogP contribution in [0.5, 0.6) is 5.75 Å². The minimum atomic E-state index is -1.70. The van der Waals surface area contributed by atoms with E-state index in [1.54, 1.807) is 26.0 Å². The lowest BCUT2D eigenvalue weighted by molar-refractivity contribution is -0.144. The first-order valence-corrected chi connectivity index (χ1v) is 10.4. The summed E-state index contributed by atoms with van der Waals surface area (Å²) in [6.45, 7) is 2.27. The number of carbonyl (C=O) groups excluding carboxylic acids is 3. The molecule has 0 spiro atoms. The highest BCUT2D eigenvalue weighted by atomic mass is 16.4. The van der Waals surface area contributed by atoms with Crippen molar-refractivity contribution in [1.82, 2.24) is 16.0 Å². The van der Waals surface area contributed by atoms with Crippen LogP contribution in [0.4, 0.5) is 0 Å². The van der Waals surface area contributed by atoms with E-state index < -0.39 is 72.8 Å². The van der Waals surface area contributed by atoms with Crippen LogP contribution >= 0.6 is 0 Å². The maximum absolute atomic E-state index is 12.8. The molecule has 4 atom stereocenters. The molecule has 1 rings (SSSR count). The van der Waals surface area contributed by atoms with E-state index in [9.17, 15) is 29.1 Å². The molecule has 3 amide bonds. The van der Waals surface area contributed by atoms with Gasteiger partial charge in [-0.15, -0.1) is 0 Å². The Hall–Kier alpha value is -3.71. The molecule has 0 aliphatic rings. The summed E-state index contributed by atoms with van der Waals surface area (Å²) in [5, 5.41) is 43.0. The van der Waals surface area contributed by atoms with E-state index in [1.165, 1.54) is 12.1 Å². The molecule has 1 aromatic rings. The van der Waals surface area contributed by atoms with Crippen LogP contribution in [-0.2, 0) is 30.4 Å². The first-order valence-electron chi connectivity index (χ1n) is 10.4. The molecule has 9 N–H and O–H groups in total. The van der Waals surface area contributed by atoms with E-state index in [-0.39, 0.29) is 12.2 Å². The van der Waals surface area contributed by atoms with Gasteiger partial charge in [-0.05, 0) is 30.0 Å². The van der Waals surface area contributed by atoms with Crippen molar-refractivity contribution in [2.24, 2.45) is 11.7 Å². The molecule has 4 unspecified atom stereocenters. The summed E-state index contributed by atoms with van der Waals surface area (Å²) in [6, 6.07) is 0.449. The molecule has 0 fully saturated rings. The molecular formula is C21H30N4O9. The van der Waals surface area contributed by atoms with Crippen LogP contribution in [-0.4, -0.2) is 80.9 Å². The highest BCUT2D eigenvalue weighted by molar-refractivity contribution is 5.95. The predicted octanol–water partition coefficient (Wildman–Crippen LogP) is -2.08. The number of amides is 3. The zero-order chi connectivity index (χ0) is 26.0. The van der Waals surface area contributed by atoms with Crippen molar-refractivity contribution in [2.75, 3.05) is 6.61 Å². The number of nitrogens with two attached hydrogens (primary N) is 1. The number of carboxylic acids is 2. The third-order valence-electron chi connectivity index (χ3n) is 4.78. The van der Waals surface area contributed by atoms with E-state index in [4.69, 9.17) is 21.1 Å². The smallest absolute Gasteiger partial charge is 0.328 e. The molecule has 0 saturated carbocycles. The zero-order valence-electron chi connectivity index (χ0n) is 18.7. The van der Waals surface area contributed by atoms with Crippen LogP contribution in [0.25, 0.3) is 0 Å². The van der Waals surface area contributed by atoms with Crippen molar-refractivity contribution >= 4 is 29.7 Å². The molecule has 13 nitrogen and oxygen atoms in total. The molecule has 1 aromatic carbocycles. The Morgan fingerprint density at radius 3 is 1.91 bits per heavy atom. The fraction of sp³-hybridized carbons (Fsp3) is 0.476. The second-order valence-electron chi connectivity index (χ2n) is 7.95. The summed E-state index contributed by atoms with van der Waals surface area (Å²) in [6.07, 6.45) is -0.755. The van der Waals surface area contributed by atoms with E-state index in [2.05, 4.69) is 10.6 Å². The molecule has 13 heteroatoms. The van der Waals surface area contributed by atoms with Crippen molar-refractivity contribution in [2.45, 2.75) is 50.9 Å². The molecule has 34 heavy (non-hydrogen) atoms. The average Bonchev–Trinajstić information content (AvgIpc) is 2.75. The summed E-state index contributed by atoms with van der Waals surface area (Å²) < 4.78 is 0. The number of aliphatic hydroxyl groups excluding tert-OH is 1. The highest BCUT2D eigenvalue weighted by Crippen LogP contribution is 2.11. The number of carboxylic acid groups (broad SMARTS) is 2. The molecule has 0 aliphatic carbocycles. The van der Waals surface area contributed by atoms with Gasteiger partial charge < -0.3 is 42.1 Å². The van der Waals surface area contributed by atoms with Gasteiger partial charge in [-0.1, -0.05) is 26.0 Å². The Bertz CT molecular complexity index is 889. The molecular weight excluding hydrogens is 452 g/mol. The Labute approximate surface area is 195 Å². The van der Waals surface area contributed by atoms with Crippen LogP contribution in [0.3, 0.4) is 0 Å². The minimum absolute atomic E-state index is 0.0481. The van der Waals surface area contributed by atoms with Gasteiger partial charge in [-0.3, -0.25) is 19.2 Å². The van der Waals surface area contributed by atoms with Crippen LogP contribution in [0.1, 0.15) is 25.8 Å². The number of benzene rings is 1. The highest BCUT2D eigenvalue weighted by Gasteiger charge is 2.32. The third kappa shape index (κ3) is 9.03. The fourth-order valence-corrected chi connectivity index (χ4v) is 2.88. The van der Waals surface area contributed by atoms with Crippen LogP contribution < -0.4 is 21.7 Å². The maximum Gasteiger partial charge on any atom is 0.328 e. The van der Waals surface area contributed by atoms with Gasteiger partial charge in [0, 0.05) is 0 Å². The normalized spacial score (nSPS) is 14.4. The zero-order valence-corrected chi connectivity index (χ0v) is 18.7. The predicted molar refractivity (Wildman–Crippen MR) is 117 cm³/mol. The number of aliphatic hydroxyl groups is 1. The van der Waals surface area contributed by atoms with Gasteiger partial charge in [0.15, 0.2) is 0 Å². The van der Waals surface area contributed by atoms with E-state index in [1.807, 2.05) is 5.32 Å². The SMILES string of the molecule is CC(C)C(NC(=O)C(N)Cc1ccc(O)cc1)C(=O)NC(CC(=O)O)C(=O)NC(CO)C(=O)O. The van der Waals surface area contributed by atoms with Crippen LogP contribution in [0, 0.1) is 5.92 Å². The molecule has 188 valence electrons. The lowest BCUT2D eigenvalue weighted by Gasteiger charge is -2.26. The van der Waals surface area contributed by atoms with E-state index in [0.717, 1.165) is 0 Å². The summed E-state index contributed by atoms with van der Waals surface area (Å²) in [4.78, 5) is 59.9. The van der Waals surface area contributed by atoms with E-state index >= 15 is 0 Å². The number of nitrogens with one attached hydrogen (secondary N) is 3. The third-order valence-corrected chi connectivity index (χ3v) is 4.78. The first-order chi connectivity index (χ1) is 15.8. The van der Waals surface area contributed by atoms with Gasteiger partial charge in [-0.2, -0.15) is 0 Å². The first kappa shape index (κ1) is 28.3. The monoisotopic (exact) mass is 482 g/mol. The Kier molecular flexibility index (Phi) is 10.9. The number of phenols is 1. The molecule has 0 heterocycles. The Balaban J connectivity index is 2.90. The fourth-order valence-electron chi connectivity index (χ4n) is 2.88. The number of aromatic hydroxyl groups is 1. The summed E-state index contributed by atoms with van der Waals surface area (Å²) >= 11 is 0. The van der Waals surface area contributed by atoms with Crippen LogP contribution in [0.2, 0.25) is 0 Å². The van der Waals surface area contributed by atoms with Crippen molar-refractivity contribution < 1.29 is 44.4 Å². The molecule has 0 bridgehead atoms. The van der Waals surface area contributed by atoms with Gasteiger partial charge >= 0.3 is 11.9 Å². The standard InChI is InChI=1S/C21H30N4O9/c1-10(2)17(25-18(30)13(22)7-11-3-5-12(27)6-4-11)20(32)23-14(8-16(28)29)19(31)24-15(9-26)21(33)34/h3-6,10,13-15,17,26-27H,7-9,22H2,1-2H3,(H,23,32)(H,24,31)(H,25,30)(H,28,29)(H,33,34). The quantitative estimate of drug-likeness (QED) is 0.153. The number of aliphatic carboxylic acids is 2. The van der Waals surface area contributed by atoms with E-state index in [0.29, 0.717) is 5.56 Å². The lowest BCUT2D eigenvalue weighted by atomic mass is 10.0. The Morgan fingerprint density at radius 1 is 0.882 bits per heavy atom. The topological polar surface area (TPSA) is 228 Å². The van der Waals surface area contributed by atoms with Gasteiger partial charge in [0.1, 0.15) is 23.9 Å². The second kappa shape index (κ2) is 13.1. The number of phenolic OH excluding ortho intramolecular Hbond substituents is 1. The van der Waals surface area contributed by atoms with Gasteiger partial charge in [0.25, 0.3) is 0 Å². The van der Waals surface area contributed by atoms with Crippen molar-refractivity contribution in [3.05, 3.63) is 29.8 Å². The Morgan fingerprint density at radius 2 is 1.44 bits per heavy atom. The lowest BCUT2D eigenvalue weighted by Crippen LogP contribution is -2.59. The summed E-state index contributed by atoms with van der Waals surface area (Å²) in [5.41, 5.74) is 6.59. The number of hydrogen-bond acceptors (Lipinski definition) is 8. The largest absolute Gasteiger partial charge is 0.508 e. The summed E-state index contributed by atoms with van der Waals surface area (Å²) in [5.74, 6) is -6.11. The molecule has 0 radical (unpaired) electrons. The number of hydrogen-bond donors (Lipinski definition) is 8. The second-order valence-corrected chi connectivity index (χ2v) is 7.95. The van der Waals surface area contributed by atoms with Gasteiger partial charge in [0.05, 0.1) is 19.1 Å². The number of rotatable bonds is 13. The summed E-state index contributed by atoms with van der Waals surface area (Å²) in [7, 11) is 0. The van der Waals surface area contributed by atoms with Crippen LogP contribution in [0.15, 0.2) is 24.3 Å². The maximum atomic E-state index is 12.8. The van der Waals surface area contributed by atoms with Gasteiger partial charge in [0.2, 0.25) is 17.7 Å².